The van der Waals surface area contributed by atoms with Gasteiger partial charge in [0.05, 0.1) is 10.1 Å². The Hall–Kier alpha value is -0.920. The average Bonchev–Trinajstić information content (AvgIpc) is 2.70. The zero-order chi connectivity index (χ0) is 15.3. The van der Waals surface area contributed by atoms with Gasteiger partial charge < -0.3 is 0 Å². The van der Waals surface area contributed by atoms with E-state index < -0.39 is 25.1 Å². The maximum Gasteiger partial charge on any atom is 0.243 e. The highest BCUT2D eigenvalue weighted by Gasteiger charge is 2.49. The first-order valence-corrected chi connectivity index (χ1v) is 10.5. The summed E-state index contributed by atoms with van der Waals surface area (Å²) in [6.07, 6.45) is 3.59. The number of benzene rings is 1. The van der Waals surface area contributed by atoms with E-state index in [1.54, 1.807) is 34.6 Å². The van der Waals surface area contributed by atoms with Crippen molar-refractivity contribution in [3.8, 4) is 0 Å². The molecule has 2 aliphatic heterocycles. The number of hydrogen-bond acceptors (Lipinski definition) is 4. The Morgan fingerprint density at radius 2 is 1.48 bits per heavy atom. The molecule has 2 bridgehead atoms. The Labute approximate surface area is 125 Å². The van der Waals surface area contributed by atoms with Crippen LogP contribution in [0, 0.1) is 0 Å². The molecule has 2 atom stereocenters. The number of rotatable bonds is 3. The summed E-state index contributed by atoms with van der Waals surface area (Å²) in [6.45, 7) is 0. The molecule has 0 aliphatic carbocycles. The third kappa shape index (κ3) is 2.62. The van der Waals surface area contributed by atoms with E-state index in [-0.39, 0.29) is 12.1 Å². The molecule has 5 nitrogen and oxygen atoms in total. The van der Waals surface area contributed by atoms with Crippen LogP contribution in [0.4, 0.5) is 0 Å². The van der Waals surface area contributed by atoms with Gasteiger partial charge in [-0.25, -0.2) is 16.8 Å². The van der Waals surface area contributed by atoms with Crippen LogP contribution in [0.3, 0.4) is 0 Å². The minimum absolute atomic E-state index is 0.186. The molecule has 2 saturated heterocycles. The van der Waals surface area contributed by atoms with Crippen LogP contribution in [-0.4, -0.2) is 44.7 Å². The van der Waals surface area contributed by atoms with Gasteiger partial charge in [-0.05, 0) is 37.8 Å². The van der Waals surface area contributed by atoms with Crippen molar-refractivity contribution < 1.29 is 16.8 Å². The predicted octanol–water partition coefficient (Wildman–Crippen LogP) is 1.42. The van der Waals surface area contributed by atoms with Gasteiger partial charge in [-0.15, -0.1) is 0 Å². The quantitative estimate of drug-likeness (QED) is 0.841. The van der Waals surface area contributed by atoms with Crippen LogP contribution in [-0.2, 0) is 19.9 Å². The van der Waals surface area contributed by atoms with Crippen molar-refractivity contribution in [3.63, 3.8) is 0 Å². The highest BCUT2D eigenvalue weighted by atomic mass is 32.2. The zero-order valence-corrected chi connectivity index (χ0v) is 13.5. The van der Waals surface area contributed by atoms with E-state index in [1.807, 2.05) is 0 Å². The second-order valence-electron chi connectivity index (χ2n) is 5.96. The van der Waals surface area contributed by atoms with Crippen molar-refractivity contribution >= 4 is 19.9 Å². The summed E-state index contributed by atoms with van der Waals surface area (Å²) in [6, 6.07) is 8.01. The van der Waals surface area contributed by atoms with Crippen molar-refractivity contribution in [2.75, 3.05) is 6.26 Å². The third-order valence-electron chi connectivity index (χ3n) is 4.55. The van der Waals surface area contributed by atoms with Gasteiger partial charge in [0.15, 0.2) is 0 Å². The molecular formula is C14H19NO4S2. The molecule has 2 unspecified atom stereocenters. The number of sulfonamides is 1. The molecular weight excluding hydrogens is 310 g/mol. The summed E-state index contributed by atoms with van der Waals surface area (Å²) < 4.78 is 50.6. The molecule has 0 amide bonds. The van der Waals surface area contributed by atoms with Crippen molar-refractivity contribution in [1.82, 2.24) is 4.31 Å². The van der Waals surface area contributed by atoms with Crippen LogP contribution in [0.25, 0.3) is 0 Å². The van der Waals surface area contributed by atoms with Crippen LogP contribution in [0.1, 0.15) is 25.7 Å². The van der Waals surface area contributed by atoms with E-state index in [0.29, 0.717) is 17.7 Å². The number of sulfone groups is 1. The van der Waals surface area contributed by atoms with Crippen LogP contribution in [0.5, 0.6) is 0 Å². The Bertz CT molecular complexity index is 713. The topological polar surface area (TPSA) is 71.5 Å². The number of fused-ring (bicyclic) bond motifs is 2. The van der Waals surface area contributed by atoms with Gasteiger partial charge in [0.2, 0.25) is 10.0 Å². The number of nitrogens with zero attached hydrogens (tertiary/aromatic N) is 1. The predicted molar refractivity (Wildman–Crippen MR) is 80.1 cm³/mol. The number of hydrogen-bond donors (Lipinski definition) is 0. The summed E-state index contributed by atoms with van der Waals surface area (Å²) in [5.74, 6) is 0. The van der Waals surface area contributed by atoms with Crippen molar-refractivity contribution in [1.29, 1.82) is 0 Å². The van der Waals surface area contributed by atoms with E-state index in [4.69, 9.17) is 0 Å². The molecule has 1 aromatic rings. The highest BCUT2D eigenvalue weighted by molar-refractivity contribution is 7.91. The van der Waals surface area contributed by atoms with Gasteiger partial charge in [-0.3, -0.25) is 0 Å². The highest BCUT2D eigenvalue weighted by Crippen LogP contribution is 2.41. The summed E-state index contributed by atoms with van der Waals surface area (Å²) >= 11 is 0. The summed E-state index contributed by atoms with van der Waals surface area (Å²) in [5.41, 5.74) is 0. The molecule has 116 valence electrons. The molecule has 7 heteroatoms. The second-order valence-corrected chi connectivity index (χ2v) is 10.1. The summed E-state index contributed by atoms with van der Waals surface area (Å²) in [7, 11) is -6.64. The van der Waals surface area contributed by atoms with Gasteiger partial charge >= 0.3 is 0 Å². The molecule has 0 saturated carbocycles. The molecule has 2 heterocycles. The van der Waals surface area contributed by atoms with Crippen molar-refractivity contribution in [2.24, 2.45) is 0 Å². The van der Waals surface area contributed by atoms with Crippen LogP contribution >= 0.6 is 0 Å². The molecule has 0 N–H and O–H groups in total. The lowest BCUT2D eigenvalue weighted by atomic mass is 10.1. The monoisotopic (exact) mass is 329 g/mol. The summed E-state index contributed by atoms with van der Waals surface area (Å²) in [5, 5.41) is -0.405. The Kier molecular flexibility index (Phi) is 3.62. The SMILES string of the molecule is CS(=O)(=O)C1CC2CCC(C1)N2S(=O)(=O)c1ccccc1. The van der Waals surface area contributed by atoms with Gasteiger partial charge in [-0.1, -0.05) is 18.2 Å². The Morgan fingerprint density at radius 1 is 0.952 bits per heavy atom. The van der Waals surface area contributed by atoms with E-state index in [2.05, 4.69) is 0 Å². The molecule has 21 heavy (non-hydrogen) atoms. The van der Waals surface area contributed by atoms with Gasteiger partial charge in [0.1, 0.15) is 9.84 Å². The fourth-order valence-electron chi connectivity index (χ4n) is 3.54. The normalized spacial score (nSPS) is 30.4. The maximum atomic E-state index is 12.8. The zero-order valence-electron chi connectivity index (χ0n) is 11.8. The number of piperidine rings is 1. The molecule has 2 fully saturated rings. The summed E-state index contributed by atoms with van der Waals surface area (Å²) in [4.78, 5) is 0.291. The minimum atomic E-state index is -3.53. The van der Waals surface area contributed by atoms with Crippen molar-refractivity contribution in [2.45, 2.75) is 47.9 Å². The largest absolute Gasteiger partial charge is 0.243 e. The van der Waals surface area contributed by atoms with E-state index in [9.17, 15) is 16.8 Å². The first-order chi connectivity index (χ1) is 9.80. The Morgan fingerprint density at radius 3 is 1.95 bits per heavy atom. The second kappa shape index (κ2) is 5.07. The lowest BCUT2D eigenvalue weighted by Crippen LogP contribution is -2.49. The maximum absolute atomic E-state index is 12.8. The fraction of sp³-hybridized carbons (Fsp3) is 0.571. The average molecular weight is 329 g/mol. The first kappa shape index (κ1) is 15.0. The van der Waals surface area contributed by atoms with Gasteiger partial charge in [-0.2, -0.15) is 4.31 Å². The van der Waals surface area contributed by atoms with Crippen LogP contribution in [0.15, 0.2) is 35.2 Å². The van der Waals surface area contributed by atoms with E-state index >= 15 is 0 Å². The molecule has 0 radical (unpaired) electrons. The third-order valence-corrected chi connectivity index (χ3v) is 8.16. The van der Waals surface area contributed by atoms with Gasteiger partial charge in [0.25, 0.3) is 0 Å². The Balaban J connectivity index is 1.93. The molecule has 1 aromatic carbocycles. The molecule has 2 aliphatic rings. The van der Waals surface area contributed by atoms with Crippen LogP contribution < -0.4 is 0 Å². The molecule has 3 rings (SSSR count). The molecule has 0 aromatic heterocycles. The fourth-order valence-corrected chi connectivity index (χ4v) is 6.60. The van der Waals surface area contributed by atoms with Crippen molar-refractivity contribution in [3.05, 3.63) is 30.3 Å². The minimum Gasteiger partial charge on any atom is -0.229 e. The van der Waals surface area contributed by atoms with Crippen LogP contribution in [0.2, 0.25) is 0 Å². The van der Waals surface area contributed by atoms with E-state index in [0.717, 1.165) is 12.8 Å². The van der Waals surface area contributed by atoms with E-state index in [1.165, 1.54) is 6.26 Å². The van der Waals surface area contributed by atoms with Gasteiger partial charge in [0, 0.05) is 18.3 Å². The smallest absolute Gasteiger partial charge is 0.229 e. The lowest BCUT2D eigenvalue weighted by molar-refractivity contribution is 0.249. The lowest BCUT2D eigenvalue weighted by Gasteiger charge is -2.37. The first-order valence-electron chi connectivity index (χ1n) is 7.07. The standard InChI is InChI=1S/C14H19NO4S2/c1-20(16,17)14-9-11-7-8-12(10-14)15(11)21(18,19)13-5-3-2-4-6-13/h2-6,11-12,14H,7-10H2,1H3. The molecule has 0 spiro atoms.